The predicted molar refractivity (Wildman–Crippen MR) is 108 cm³/mol. The van der Waals surface area contributed by atoms with Crippen molar-refractivity contribution in [2.45, 2.75) is 6.92 Å². The van der Waals surface area contributed by atoms with E-state index in [0.717, 1.165) is 10.6 Å². The molecule has 2 aromatic carbocycles. The number of aromatic hydroxyl groups is 1. The van der Waals surface area contributed by atoms with Crippen molar-refractivity contribution in [1.29, 1.82) is 0 Å². The first-order chi connectivity index (χ1) is 13.3. The molecular weight excluding hydrogens is 405 g/mol. The van der Waals surface area contributed by atoms with Crippen molar-refractivity contribution in [1.82, 2.24) is 9.55 Å². The molecular formula is C19H13ClFN3O3S. The smallest absolute Gasteiger partial charge is 0.264 e. The molecule has 1 aromatic heterocycles. The van der Waals surface area contributed by atoms with Gasteiger partial charge in [-0.05, 0) is 61.6 Å². The molecule has 0 saturated carbocycles. The quantitative estimate of drug-likeness (QED) is 0.375. The van der Waals surface area contributed by atoms with Crippen molar-refractivity contribution in [2.75, 3.05) is 0 Å². The van der Waals surface area contributed by atoms with Crippen molar-refractivity contribution in [2.24, 2.45) is 4.99 Å². The van der Waals surface area contributed by atoms with Crippen LogP contribution in [0.2, 0.25) is 5.02 Å². The molecule has 0 amide bonds. The predicted octanol–water partition coefficient (Wildman–Crippen LogP) is 4.35. The number of hydrogen-bond donors (Lipinski definition) is 2. The van der Waals surface area contributed by atoms with Gasteiger partial charge in [0.05, 0.1) is 16.4 Å². The maximum atomic E-state index is 13.4. The van der Waals surface area contributed by atoms with E-state index in [1.54, 1.807) is 24.3 Å². The van der Waals surface area contributed by atoms with Crippen molar-refractivity contribution in [3.63, 3.8) is 0 Å². The molecule has 0 fully saturated rings. The Balaban J connectivity index is 2.06. The van der Waals surface area contributed by atoms with Crippen LogP contribution in [0.5, 0.6) is 5.88 Å². The number of H-pyrrole nitrogens is 1. The highest BCUT2D eigenvalue weighted by atomic mass is 35.5. The lowest BCUT2D eigenvalue weighted by atomic mass is 10.1. The molecule has 0 aliphatic rings. The van der Waals surface area contributed by atoms with E-state index in [9.17, 15) is 19.1 Å². The van der Waals surface area contributed by atoms with E-state index in [2.05, 4.69) is 9.98 Å². The molecule has 142 valence electrons. The van der Waals surface area contributed by atoms with Gasteiger partial charge in [-0.25, -0.2) is 4.39 Å². The van der Waals surface area contributed by atoms with Crippen molar-refractivity contribution < 1.29 is 14.3 Å². The third kappa shape index (κ3) is 3.92. The molecule has 0 saturated heterocycles. The van der Waals surface area contributed by atoms with Crippen LogP contribution >= 0.6 is 23.8 Å². The van der Waals surface area contributed by atoms with Gasteiger partial charge in [-0.15, -0.1) is 0 Å². The topological polar surface area (TPSA) is 87.4 Å². The maximum Gasteiger partial charge on any atom is 0.264 e. The number of aromatic amines is 1. The third-order valence-corrected chi connectivity index (χ3v) is 4.47. The zero-order valence-corrected chi connectivity index (χ0v) is 16.0. The number of aliphatic imine (C=N–C) groups is 1. The Morgan fingerprint density at radius 3 is 2.57 bits per heavy atom. The van der Waals surface area contributed by atoms with E-state index in [-0.39, 0.29) is 26.8 Å². The van der Waals surface area contributed by atoms with Crippen molar-refractivity contribution >= 4 is 41.5 Å². The number of nitrogens with one attached hydrogen (secondary N) is 1. The van der Waals surface area contributed by atoms with Crippen LogP contribution in [0.1, 0.15) is 22.8 Å². The molecule has 0 aliphatic heterocycles. The lowest BCUT2D eigenvalue weighted by Gasteiger charge is -2.11. The fraction of sp³-hybridized carbons (Fsp3) is 0.0526. The summed E-state index contributed by atoms with van der Waals surface area (Å²) in [4.78, 5) is 30.1. The molecule has 2 N–H and O–H groups in total. The number of aromatic nitrogens is 2. The average Bonchev–Trinajstić information content (AvgIpc) is 2.64. The number of carbonyl (C=O) groups is 1. The van der Waals surface area contributed by atoms with Gasteiger partial charge in [0, 0.05) is 11.8 Å². The fourth-order valence-electron chi connectivity index (χ4n) is 2.44. The van der Waals surface area contributed by atoms with Crippen molar-refractivity contribution in [3.8, 4) is 11.6 Å². The number of rotatable bonds is 4. The number of halogens is 2. The van der Waals surface area contributed by atoms with Gasteiger partial charge in [-0.2, -0.15) is 0 Å². The Labute approximate surface area is 168 Å². The highest BCUT2D eigenvalue weighted by Gasteiger charge is 2.14. The van der Waals surface area contributed by atoms with Gasteiger partial charge in [0.15, 0.2) is 10.6 Å². The van der Waals surface area contributed by atoms with Gasteiger partial charge in [0.2, 0.25) is 5.88 Å². The molecule has 0 unspecified atom stereocenters. The van der Waals surface area contributed by atoms with Crippen LogP contribution in [0.15, 0.2) is 52.3 Å². The van der Waals surface area contributed by atoms with E-state index in [0.29, 0.717) is 11.3 Å². The number of nitrogens with zero attached hydrogens (tertiary/aromatic N) is 2. The van der Waals surface area contributed by atoms with E-state index in [1.807, 2.05) is 0 Å². The zero-order valence-electron chi connectivity index (χ0n) is 14.4. The first-order valence-electron chi connectivity index (χ1n) is 7.96. The summed E-state index contributed by atoms with van der Waals surface area (Å²) in [5, 5.41) is 10.4. The van der Waals surface area contributed by atoms with Crippen LogP contribution in [0.25, 0.3) is 5.69 Å². The zero-order chi connectivity index (χ0) is 20.4. The van der Waals surface area contributed by atoms with E-state index in [4.69, 9.17) is 23.8 Å². The third-order valence-electron chi connectivity index (χ3n) is 3.90. The number of carbonyl (C=O) groups excluding carboxylic acids is 1. The summed E-state index contributed by atoms with van der Waals surface area (Å²) in [5.41, 5.74) is 0.482. The molecule has 0 aliphatic carbocycles. The number of hydrogen-bond acceptors (Lipinski definition) is 5. The SMILES string of the molecule is CC(=O)c1ccc(N=Cc2c(O)n(-c3ccc(F)c(Cl)c3)c(=S)[nH]c2=O)cc1. The van der Waals surface area contributed by atoms with Crippen molar-refractivity contribution in [3.05, 3.63) is 79.6 Å². The van der Waals surface area contributed by atoms with Gasteiger partial charge in [-0.1, -0.05) is 11.6 Å². The first kappa shape index (κ1) is 19.7. The summed E-state index contributed by atoms with van der Waals surface area (Å²) in [6.45, 7) is 1.45. The molecule has 3 aromatic rings. The minimum absolute atomic E-state index is 0.0790. The minimum Gasteiger partial charge on any atom is -0.494 e. The monoisotopic (exact) mass is 417 g/mol. The van der Waals surface area contributed by atoms with Crippen LogP contribution in [0.3, 0.4) is 0 Å². The van der Waals surface area contributed by atoms with Crippen LogP contribution < -0.4 is 5.56 Å². The number of Topliss-reactive ketones (excluding diaryl/α,β-unsaturated/α-hetero) is 1. The second kappa shape index (κ2) is 7.87. The Bertz CT molecular complexity index is 1220. The molecule has 0 radical (unpaired) electrons. The van der Waals surface area contributed by atoms with Gasteiger partial charge in [0.1, 0.15) is 11.4 Å². The molecule has 0 bridgehead atoms. The largest absolute Gasteiger partial charge is 0.494 e. The van der Waals surface area contributed by atoms with Gasteiger partial charge in [0.25, 0.3) is 5.56 Å². The Morgan fingerprint density at radius 1 is 1.29 bits per heavy atom. The molecule has 3 rings (SSSR count). The molecule has 1 heterocycles. The van der Waals surface area contributed by atoms with Crippen LogP contribution in [-0.4, -0.2) is 26.7 Å². The molecule has 9 heteroatoms. The molecule has 28 heavy (non-hydrogen) atoms. The molecule has 6 nitrogen and oxygen atoms in total. The Morgan fingerprint density at radius 2 is 1.96 bits per heavy atom. The number of benzene rings is 2. The fourth-order valence-corrected chi connectivity index (χ4v) is 2.90. The standard InChI is InChI=1S/C19H13ClFN3O3S/c1-10(25)11-2-4-12(5-3-11)22-9-14-17(26)23-19(28)24(18(14)27)13-6-7-16(21)15(20)8-13/h2-9,27H,1H3,(H,23,26,28). The lowest BCUT2D eigenvalue weighted by molar-refractivity contribution is 0.101. The van der Waals surface area contributed by atoms with E-state index < -0.39 is 17.3 Å². The van der Waals surface area contributed by atoms with Crippen LogP contribution in [0.4, 0.5) is 10.1 Å². The second-order valence-corrected chi connectivity index (χ2v) is 6.59. The van der Waals surface area contributed by atoms with Gasteiger partial charge < -0.3 is 5.11 Å². The minimum atomic E-state index is -0.643. The van der Waals surface area contributed by atoms with Gasteiger partial charge in [-0.3, -0.25) is 24.1 Å². The Kier molecular flexibility index (Phi) is 5.53. The Hall–Kier alpha value is -3.10. The van der Waals surface area contributed by atoms with E-state index in [1.165, 1.54) is 25.3 Å². The average molecular weight is 418 g/mol. The number of ketones is 1. The van der Waals surface area contributed by atoms with Crippen LogP contribution in [-0.2, 0) is 0 Å². The van der Waals surface area contributed by atoms with Crippen LogP contribution in [0, 0.1) is 10.6 Å². The summed E-state index contributed by atoms with van der Waals surface area (Å²) in [6, 6.07) is 10.2. The normalized spacial score (nSPS) is 11.1. The highest BCUT2D eigenvalue weighted by Crippen LogP contribution is 2.24. The van der Waals surface area contributed by atoms with E-state index >= 15 is 0 Å². The first-order valence-corrected chi connectivity index (χ1v) is 8.75. The molecule has 0 atom stereocenters. The maximum absolute atomic E-state index is 13.4. The summed E-state index contributed by atoms with van der Waals surface area (Å²) in [5.74, 6) is -1.18. The summed E-state index contributed by atoms with van der Waals surface area (Å²) < 4.78 is 14.5. The lowest BCUT2D eigenvalue weighted by Crippen LogP contribution is -2.18. The molecule has 0 spiro atoms. The summed E-state index contributed by atoms with van der Waals surface area (Å²) >= 11 is 10.9. The summed E-state index contributed by atoms with van der Waals surface area (Å²) in [7, 11) is 0. The summed E-state index contributed by atoms with van der Waals surface area (Å²) in [6.07, 6.45) is 1.17. The van der Waals surface area contributed by atoms with Gasteiger partial charge >= 0.3 is 0 Å². The highest BCUT2D eigenvalue weighted by molar-refractivity contribution is 7.71. The second-order valence-electron chi connectivity index (χ2n) is 5.79.